The summed E-state index contributed by atoms with van der Waals surface area (Å²) in [6.45, 7) is 10.4. The van der Waals surface area contributed by atoms with Crippen LogP contribution in [0.4, 0.5) is 0 Å². The lowest BCUT2D eigenvalue weighted by atomic mass is 10.1. The molecule has 0 saturated heterocycles. The van der Waals surface area contributed by atoms with Crippen LogP contribution in [0, 0.1) is 5.92 Å². The van der Waals surface area contributed by atoms with E-state index in [4.69, 9.17) is 0 Å². The van der Waals surface area contributed by atoms with Gasteiger partial charge in [0.1, 0.15) is 0 Å². The lowest BCUT2D eigenvalue weighted by molar-refractivity contribution is 0.357. The molecule has 0 atom stereocenters. The Morgan fingerprint density at radius 1 is 1.31 bits per heavy atom. The van der Waals surface area contributed by atoms with Gasteiger partial charge in [0, 0.05) is 26.2 Å². The molecule has 0 saturated carbocycles. The van der Waals surface area contributed by atoms with Gasteiger partial charge in [-0.05, 0) is 24.5 Å². The van der Waals surface area contributed by atoms with E-state index < -0.39 is 0 Å². The van der Waals surface area contributed by atoms with E-state index >= 15 is 0 Å². The second-order valence-electron chi connectivity index (χ2n) is 4.49. The van der Waals surface area contributed by atoms with E-state index in [-0.39, 0.29) is 0 Å². The van der Waals surface area contributed by atoms with Crippen LogP contribution in [0.2, 0.25) is 0 Å². The average Bonchev–Trinajstić information content (AvgIpc) is 2.44. The topological polar surface area (TPSA) is 15.3 Å². The normalized spacial score (nSPS) is 24.2. The molecule has 2 aliphatic rings. The smallest absolute Gasteiger partial charge is 0.0212 e. The molecule has 0 aliphatic carbocycles. The summed E-state index contributed by atoms with van der Waals surface area (Å²) in [4.78, 5) is 2.55. The Kier molecular flexibility index (Phi) is 2.70. The molecular weight excluding hydrogens is 160 g/mol. The van der Waals surface area contributed by atoms with Gasteiger partial charge in [-0.3, -0.25) is 4.90 Å². The molecule has 0 unspecified atom stereocenters. The maximum absolute atomic E-state index is 3.44. The third-order valence-corrected chi connectivity index (χ3v) is 2.81. The van der Waals surface area contributed by atoms with Gasteiger partial charge in [0.25, 0.3) is 0 Å². The molecule has 2 rings (SSSR count). The molecule has 0 bridgehead atoms. The fourth-order valence-electron chi connectivity index (χ4n) is 2.29. The SMILES string of the molecule is C[C](C)CN1CC2=C(CNCC2)C1. The van der Waals surface area contributed by atoms with Crippen molar-refractivity contribution in [1.82, 2.24) is 10.2 Å². The lowest BCUT2D eigenvalue weighted by Crippen LogP contribution is -2.26. The number of hydrogen-bond donors (Lipinski definition) is 1. The zero-order chi connectivity index (χ0) is 9.26. The van der Waals surface area contributed by atoms with Gasteiger partial charge in [0.2, 0.25) is 0 Å². The Labute approximate surface area is 81.0 Å². The Morgan fingerprint density at radius 3 is 2.77 bits per heavy atom. The van der Waals surface area contributed by atoms with E-state index in [1.54, 1.807) is 11.1 Å². The molecule has 13 heavy (non-hydrogen) atoms. The third kappa shape index (κ3) is 2.12. The Bertz CT molecular complexity index is 200. The molecule has 0 spiro atoms. The van der Waals surface area contributed by atoms with Crippen LogP contribution in [-0.4, -0.2) is 37.6 Å². The second-order valence-corrected chi connectivity index (χ2v) is 4.49. The van der Waals surface area contributed by atoms with Crippen LogP contribution >= 0.6 is 0 Å². The monoisotopic (exact) mass is 179 g/mol. The highest BCUT2D eigenvalue weighted by Gasteiger charge is 2.23. The van der Waals surface area contributed by atoms with Crippen LogP contribution in [0.15, 0.2) is 11.1 Å². The molecule has 0 aromatic heterocycles. The Balaban J connectivity index is 1.90. The number of hydrogen-bond acceptors (Lipinski definition) is 2. The van der Waals surface area contributed by atoms with E-state index in [2.05, 4.69) is 24.1 Å². The Morgan fingerprint density at radius 2 is 2.08 bits per heavy atom. The molecule has 1 radical (unpaired) electrons. The van der Waals surface area contributed by atoms with Gasteiger partial charge in [-0.25, -0.2) is 0 Å². The number of nitrogens with zero attached hydrogens (tertiary/aromatic N) is 1. The van der Waals surface area contributed by atoms with Crippen LogP contribution in [0.1, 0.15) is 20.3 Å². The lowest BCUT2D eigenvalue weighted by Gasteiger charge is -2.17. The second kappa shape index (κ2) is 3.81. The first-order chi connectivity index (χ1) is 6.25. The standard InChI is InChI=1S/C11H19N2/c1-9(2)6-13-7-10-3-4-12-5-11(10)8-13/h12H,3-8H2,1-2H3. The summed E-state index contributed by atoms with van der Waals surface area (Å²) in [5.41, 5.74) is 3.37. The summed E-state index contributed by atoms with van der Waals surface area (Å²) >= 11 is 0. The van der Waals surface area contributed by atoms with Crippen molar-refractivity contribution in [3.05, 3.63) is 17.1 Å². The zero-order valence-electron chi connectivity index (χ0n) is 8.69. The highest BCUT2D eigenvalue weighted by atomic mass is 15.1. The maximum atomic E-state index is 3.44. The molecule has 73 valence electrons. The molecule has 0 aromatic carbocycles. The number of rotatable bonds is 2. The molecule has 2 heterocycles. The van der Waals surface area contributed by atoms with Crippen LogP contribution in [0.3, 0.4) is 0 Å². The summed E-state index contributed by atoms with van der Waals surface area (Å²) in [6, 6.07) is 0. The highest BCUT2D eigenvalue weighted by Crippen LogP contribution is 2.22. The molecule has 0 aromatic rings. The minimum Gasteiger partial charge on any atom is -0.313 e. The van der Waals surface area contributed by atoms with E-state index in [1.807, 2.05) is 0 Å². The fraction of sp³-hybridized carbons (Fsp3) is 0.727. The predicted octanol–water partition coefficient (Wildman–Crippen LogP) is 1.21. The van der Waals surface area contributed by atoms with Crippen molar-refractivity contribution in [3.63, 3.8) is 0 Å². The highest BCUT2D eigenvalue weighted by molar-refractivity contribution is 5.26. The quantitative estimate of drug-likeness (QED) is 0.641. The Hall–Kier alpha value is -0.340. The van der Waals surface area contributed by atoms with Gasteiger partial charge in [0.15, 0.2) is 0 Å². The summed E-state index contributed by atoms with van der Waals surface area (Å²) in [7, 11) is 0. The molecule has 2 aliphatic heterocycles. The van der Waals surface area contributed by atoms with Gasteiger partial charge in [-0.15, -0.1) is 0 Å². The van der Waals surface area contributed by atoms with Gasteiger partial charge >= 0.3 is 0 Å². The zero-order valence-corrected chi connectivity index (χ0v) is 8.69. The van der Waals surface area contributed by atoms with Crippen LogP contribution in [-0.2, 0) is 0 Å². The average molecular weight is 179 g/mol. The van der Waals surface area contributed by atoms with Crippen LogP contribution in [0.5, 0.6) is 0 Å². The van der Waals surface area contributed by atoms with E-state index in [1.165, 1.54) is 38.5 Å². The first-order valence-corrected chi connectivity index (χ1v) is 5.17. The van der Waals surface area contributed by atoms with Gasteiger partial charge in [-0.1, -0.05) is 19.4 Å². The van der Waals surface area contributed by atoms with E-state index in [0.29, 0.717) is 0 Å². The van der Waals surface area contributed by atoms with Gasteiger partial charge in [-0.2, -0.15) is 0 Å². The minimum atomic E-state index is 1.13. The molecule has 2 heteroatoms. The van der Waals surface area contributed by atoms with Crippen molar-refractivity contribution in [2.24, 2.45) is 0 Å². The van der Waals surface area contributed by atoms with Crippen molar-refractivity contribution < 1.29 is 0 Å². The molecule has 1 N–H and O–H groups in total. The molecule has 0 fully saturated rings. The van der Waals surface area contributed by atoms with Crippen molar-refractivity contribution in [1.29, 1.82) is 0 Å². The molecular formula is C11H19N2. The summed E-state index contributed by atoms with van der Waals surface area (Å²) in [5, 5.41) is 3.44. The van der Waals surface area contributed by atoms with Crippen LogP contribution in [0.25, 0.3) is 0 Å². The first kappa shape index (κ1) is 9.22. The van der Waals surface area contributed by atoms with Gasteiger partial charge in [0.05, 0.1) is 0 Å². The summed E-state index contributed by atoms with van der Waals surface area (Å²) in [6.07, 6.45) is 1.27. The first-order valence-electron chi connectivity index (χ1n) is 5.17. The largest absolute Gasteiger partial charge is 0.313 e. The fourth-order valence-corrected chi connectivity index (χ4v) is 2.29. The predicted molar refractivity (Wildman–Crippen MR) is 55.5 cm³/mol. The van der Waals surface area contributed by atoms with E-state index in [0.717, 1.165) is 6.54 Å². The van der Waals surface area contributed by atoms with Crippen molar-refractivity contribution in [2.45, 2.75) is 20.3 Å². The summed E-state index contributed by atoms with van der Waals surface area (Å²) in [5.74, 6) is 1.52. The third-order valence-electron chi connectivity index (χ3n) is 2.81. The molecule has 2 nitrogen and oxygen atoms in total. The van der Waals surface area contributed by atoms with Crippen molar-refractivity contribution in [2.75, 3.05) is 32.7 Å². The summed E-state index contributed by atoms with van der Waals surface area (Å²) < 4.78 is 0. The maximum Gasteiger partial charge on any atom is 0.0212 e. The minimum absolute atomic E-state index is 1.13. The van der Waals surface area contributed by atoms with Crippen molar-refractivity contribution in [3.8, 4) is 0 Å². The molecule has 0 amide bonds. The van der Waals surface area contributed by atoms with Gasteiger partial charge < -0.3 is 5.32 Å². The van der Waals surface area contributed by atoms with Crippen LogP contribution < -0.4 is 5.32 Å². The number of nitrogens with one attached hydrogen (secondary N) is 1. The van der Waals surface area contributed by atoms with E-state index in [9.17, 15) is 0 Å². The van der Waals surface area contributed by atoms with Crippen molar-refractivity contribution >= 4 is 0 Å².